The van der Waals surface area contributed by atoms with E-state index in [4.69, 9.17) is 0 Å². The van der Waals surface area contributed by atoms with Crippen molar-refractivity contribution < 1.29 is 29.7 Å². The Hall–Kier alpha value is -2.00. The second-order valence-electron chi connectivity index (χ2n) is 5.86. The molecule has 0 amide bonds. The quantitative estimate of drug-likeness (QED) is 0.598. The number of hydrogen-bond acceptors (Lipinski definition) is 4. The van der Waals surface area contributed by atoms with E-state index in [1.165, 1.54) is 0 Å². The predicted octanol–water partition coefficient (Wildman–Crippen LogP) is 4.44. The first-order valence-electron chi connectivity index (χ1n) is 8.02. The van der Waals surface area contributed by atoms with Gasteiger partial charge in [0.1, 0.15) is 11.5 Å². The van der Waals surface area contributed by atoms with Crippen molar-refractivity contribution in [2.75, 3.05) is 0 Å². The molecule has 0 saturated heterocycles. The Balaban J connectivity index is 0.000000443. The molecule has 0 heterocycles. The molecule has 5 heteroatoms. The van der Waals surface area contributed by atoms with E-state index in [1.807, 2.05) is 52.0 Å². The van der Waals surface area contributed by atoms with Crippen LogP contribution in [0.2, 0.25) is 0 Å². The maximum Gasteiger partial charge on any atom is 0.124 e. The third-order valence-corrected chi connectivity index (χ3v) is 2.90. The van der Waals surface area contributed by atoms with Crippen molar-refractivity contribution in [3.05, 3.63) is 59.7 Å². The summed E-state index contributed by atoms with van der Waals surface area (Å²) in [5.74, 6) is 0.559. The van der Waals surface area contributed by atoms with Crippen molar-refractivity contribution in [3.8, 4) is 11.5 Å². The average molecular weight is 392 g/mol. The van der Waals surface area contributed by atoms with Crippen LogP contribution in [0.4, 0.5) is 0 Å². The molecule has 4 nitrogen and oxygen atoms in total. The van der Waals surface area contributed by atoms with Crippen LogP contribution in [-0.2, 0) is 19.5 Å². The van der Waals surface area contributed by atoms with Gasteiger partial charge in [0.25, 0.3) is 0 Å². The summed E-state index contributed by atoms with van der Waals surface area (Å²) in [5, 5.41) is 18.7. The molecule has 2 aromatic rings. The predicted molar refractivity (Wildman–Crippen MR) is 102 cm³/mol. The monoisotopic (exact) mass is 390 g/mol. The minimum absolute atomic E-state index is 0. The van der Waals surface area contributed by atoms with Gasteiger partial charge in [-0.1, -0.05) is 24.3 Å². The van der Waals surface area contributed by atoms with Crippen molar-refractivity contribution in [1.29, 1.82) is 0 Å². The summed E-state index contributed by atoms with van der Waals surface area (Å²) in [6, 6.07) is 14.9. The summed E-state index contributed by atoms with van der Waals surface area (Å²) in [6.45, 7) is 7.99. The smallest absolute Gasteiger partial charge is 0.124 e. The Bertz CT molecular complexity index is 623. The van der Waals surface area contributed by atoms with Gasteiger partial charge in [0.05, 0.1) is 0 Å². The maximum absolute atomic E-state index is 9.33. The van der Waals surface area contributed by atoms with E-state index >= 15 is 0 Å². The van der Waals surface area contributed by atoms with Crippen LogP contribution in [0.3, 0.4) is 0 Å². The molecule has 0 aliphatic heterocycles. The number of aromatic hydroxyl groups is 2. The molecule has 130 valence electrons. The summed E-state index contributed by atoms with van der Waals surface area (Å²) in [4.78, 5) is 8.34. The van der Waals surface area contributed by atoms with Gasteiger partial charge in [0, 0.05) is 55.1 Å². The molecule has 0 aliphatic carbocycles. The standard InChI is InChI=1S/2C10H13NO.Zn/c2*1-8(2)11-7-9-5-3-4-6-10(9)12;/h2*3-8,12H,1-2H3;. The Morgan fingerprint density at radius 1 is 0.680 bits per heavy atom. The zero-order valence-corrected chi connectivity index (χ0v) is 18.4. The topological polar surface area (TPSA) is 65.2 Å². The van der Waals surface area contributed by atoms with Crippen molar-refractivity contribution >= 4 is 12.4 Å². The van der Waals surface area contributed by atoms with Crippen LogP contribution in [0.5, 0.6) is 11.5 Å². The Labute approximate surface area is 163 Å². The van der Waals surface area contributed by atoms with Crippen LogP contribution >= 0.6 is 0 Å². The molecule has 0 aromatic heterocycles. The molecule has 0 radical (unpaired) electrons. The third kappa shape index (κ3) is 9.78. The van der Waals surface area contributed by atoms with E-state index < -0.39 is 0 Å². The van der Waals surface area contributed by atoms with Crippen molar-refractivity contribution in [1.82, 2.24) is 0 Å². The fourth-order valence-electron chi connectivity index (χ4n) is 1.65. The molecular formula is C20H26N2O2Zn. The Morgan fingerprint density at radius 3 is 1.28 bits per heavy atom. The van der Waals surface area contributed by atoms with E-state index in [1.54, 1.807) is 36.7 Å². The van der Waals surface area contributed by atoms with Crippen LogP contribution < -0.4 is 0 Å². The zero-order chi connectivity index (χ0) is 17.9. The van der Waals surface area contributed by atoms with Crippen LogP contribution in [0, 0.1) is 0 Å². The number of aliphatic imine (C=N–C) groups is 2. The van der Waals surface area contributed by atoms with Gasteiger partial charge in [-0.3, -0.25) is 9.98 Å². The second kappa shape index (κ2) is 12.4. The van der Waals surface area contributed by atoms with Gasteiger partial charge in [0.2, 0.25) is 0 Å². The number of phenolic OH excluding ortho intramolecular Hbond substituents is 2. The molecule has 2 N–H and O–H groups in total. The zero-order valence-electron chi connectivity index (χ0n) is 15.4. The third-order valence-electron chi connectivity index (χ3n) is 2.90. The minimum atomic E-state index is 0. The van der Waals surface area contributed by atoms with Crippen molar-refractivity contribution in [2.24, 2.45) is 9.98 Å². The van der Waals surface area contributed by atoms with Crippen LogP contribution in [0.15, 0.2) is 58.5 Å². The first-order chi connectivity index (χ1) is 11.4. The van der Waals surface area contributed by atoms with Crippen LogP contribution in [-0.4, -0.2) is 34.7 Å². The summed E-state index contributed by atoms with van der Waals surface area (Å²) in [6.07, 6.45) is 3.39. The molecule has 25 heavy (non-hydrogen) atoms. The van der Waals surface area contributed by atoms with Crippen molar-refractivity contribution in [3.63, 3.8) is 0 Å². The molecular weight excluding hydrogens is 366 g/mol. The molecule has 0 aliphatic rings. The van der Waals surface area contributed by atoms with Gasteiger partial charge >= 0.3 is 0 Å². The number of benzene rings is 2. The van der Waals surface area contributed by atoms with Gasteiger partial charge in [-0.05, 0) is 52.0 Å². The summed E-state index contributed by atoms with van der Waals surface area (Å²) >= 11 is 0. The molecule has 0 spiro atoms. The molecule has 0 fully saturated rings. The molecule has 2 rings (SSSR count). The molecule has 0 unspecified atom stereocenters. The first-order valence-corrected chi connectivity index (χ1v) is 8.02. The van der Waals surface area contributed by atoms with Crippen molar-refractivity contribution in [2.45, 2.75) is 39.8 Å². The number of nitrogens with zero attached hydrogens (tertiary/aromatic N) is 2. The SMILES string of the molecule is CC(C)N=Cc1ccccc1O.CC(C)N=Cc1ccccc1O.[Zn]. The average Bonchev–Trinajstić information content (AvgIpc) is 2.54. The minimum Gasteiger partial charge on any atom is -0.507 e. The fraction of sp³-hybridized carbons (Fsp3) is 0.300. The van der Waals surface area contributed by atoms with E-state index in [9.17, 15) is 10.2 Å². The van der Waals surface area contributed by atoms with E-state index in [-0.39, 0.29) is 43.1 Å². The van der Waals surface area contributed by atoms with E-state index in [2.05, 4.69) is 9.98 Å². The second-order valence-corrected chi connectivity index (χ2v) is 5.86. The molecule has 0 bridgehead atoms. The fourth-order valence-corrected chi connectivity index (χ4v) is 1.65. The molecule has 0 atom stereocenters. The van der Waals surface area contributed by atoms with Gasteiger partial charge in [-0.25, -0.2) is 0 Å². The Morgan fingerprint density at radius 2 is 1.00 bits per heavy atom. The van der Waals surface area contributed by atoms with E-state index in [0.29, 0.717) is 0 Å². The Kier molecular flexibility index (Phi) is 11.4. The maximum atomic E-state index is 9.33. The molecule has 2 aromatic carbocycles. The van der Waals surface area contributed by atoms with Gasteiger partial charge in [0.15, 0.2) is 0 Å². The first kappa shape index (κ1) is 23.0. The molecule has 0 saturated carbocycles. The largest absolute Gasteiger partial charge is 0.507 e. The van der Waals surface area contributed by atoms with Gasteiger partial charge in [-0.2, -0.15) is 0 Å². The summed E-state index contributed by atoms with van der Waals surface area (Å²) in [7, 11) is 0. The van der Waals surface area contributed by atoms with Gasteiger partial charge in [-0.15, -0.1) is 0 Å². The summed E-state index contributed by atoms with van der Waals surface area (Å²) in [5.41, 5.74) is 1.54. The van der Waals surface area contributed by atoms with Gasteiger partial charge < -0.3 is 10.2 Å². The number of hydrogen-bond donors (Lipinski definition) is 2. The summed E-state index contributed by atoms with van der Waals surface area (Å²) < 4.78 is 0. The van der Waals surface area contributed by atoms with E-state index in [0.717, 1.165) is 11.1 Å². The normalized spacial score (nSPS) is 10.8. The van der Waals surface area contributed by atoms with Crippen LogP contribution in [0.1, 0.15) is 38.8 Å². The number of rotatable bonds is 4. The number of para-hydroxylation sites is 2. The number of phenols is 2. The van der Waals surface area contributed by atoms with Crippen LogP contribution in [0.25, 0.3) is 0 Å².